The standard InChI is InChI=1S/C22H24N2O2/c1-4-7-17-9-6-10-18(13-17)16(3)19-11-12-21(23-14-25)20(8-5-2)22(19)24-15-26/h6,9-13,16H,4-5,7-8H2,1-3H3. The van der Waals surface area contributed by atoms with E-state index < -0.39 is 0 Å². The average molecular weight is 348 g/mol. The Morgan fingerprint density at radius 2 is 1.69 bits per heavy atom. The van der Waals surface area contributed by atoms with Crippen molar-refractivity contribution in [1.29, 1.82) is 0 Å². The predicted octanol–water partition coefficient (Wildman–Crippen LogP) is 5.68. The van der Waals surface area contributed by atoms with E-state index in [4.69, 9.17) is 0 Å². The second kappa shape index (κ2) is 9.62. The summed E-state index contributed by atoms with van der Waals surface area (Å²) in [5.74, 6) is 0.0590. The lowest BCUT2D eigenvalue weighted by Crippen LogP contribution is -2.00. The highest BCUT2D eigenvalue weighted by Crippen LogP contribution is 2.39. The van der Waals surface area contributed by atoms with Crippen LogP contribution in [0.4, 0.5) is 11.4 Å². The summed E-state index contributed by atoms with van der Waals surface area (Å²) in [5.41, 5.74) is 5.31. The third kappa shape index (κ3) is 4.43. The summed E-state index contributed by atoms with van der Waals surface area (Å²) in [6, 6.07) is 12.2. The number of hydrogen-bond acceptors (Lipinski definition) is 4. The maximum atomic E-state index is 11.1. The Bertz CT molecular complexity index is 860. The van der Waals surface area contributed by atoms with Crippen LogP contribution in [-0.4, -0.2) is 12.2 Å². The zero-order valence-electron chi connectivity index (χ0n) is 15.6. The first-order valence-electron chi connectivity index (χ1n) is 9.06. The van der Waals surface area contributed by atoms with Crippen molar-refractivity contribution in [3.63, 3.8) is 0 Å². The molecule has 0 aromatic heterocycles. The molecule has 134 valence electrons. The number of nitrogens with zero attached hydrogens (tertiary/aromatic N) is 2. The number of rotatable bonds is 8. The highest BCUT2D eigenvalue weighted by atomic mass is 16.1. The Balaban J connectivity index is 2.60. The van der Waals surface area contributed by atoms with Gasteiger partial charge in [-0.3, -0.25) is 0 Å². The number of hydrogen-bond donors (Lipinski definition) is 0. The van der Waals surface area contributed by atoms with Gasteiger partial charge in [0.25, 0.3) is 0 Å². The molecule has 2 rings (SSSR count). The van der Waals surface area contributed by atoms with Gasteiger partial charge in [-0.15, -0.1) is 0 Å². The van der Waals surface area contributed by atoms with Crippen LogP contribution in [-0.2, 0) is 22.4 Å². The van der Waals surface area contributed by atoms with E-state index in [1.54, 1.807) is 18.2 Å². The van der Waals surface area contributed by atoms with E-state index in [9.17, 15) is 9.59 Å². The van der Waals surface area contributed by atoms with Crippen molar-refractivity contribution >= 4 is 23.5 Å². The van der Waals surface area contributed by atoms with Crippen molar-refractivity contribution in [2.45, 2.75) is 52.4 Å². The summed E-state index contributed by atoms with van der Waals surface area (Å²) in [6.45, 7) is 6.30. The van der Waals surface area contributed by atoms with Crippen LogP contribution in [0.15, 0.2) is 46.4 Å². The van der Waals surface area contributed by atoms with Crippen molar-refractivity contribution < 1.29 is 9.59 Å². The van der Waals surface area contributed by atoms with E-state index >= 15 is 0 Å². The molecule has 0 fully saturated rings. The Hall–Kier alpha value is -2.80. The Kier molecular flexibility index (Phi) is 7.23. The van der Waals surface area contributed by atoms with Gasteiger partial charge in [0, 0.05) is 11.5 Å². The molecule has 0 saturated heterocycles. The molecule has 0 radical (unpaired) electrons. The highest BCUT2D eigenvalue weighted by Gasteiger charge is 2.18. The first kappa shape index (κ1) is 19.5. The van der Waals surface area contributed by atoms with Crippen LogP contribution in [0.2, 0.25) is 0 Å². The third-order valence-electron chi connectivity index (χ3n) is 4.57. The molecule has 2 aromatic carbocycles. The molecule has 0 spiro atoms. The van der Waals surface area contributed by atoms with Gasteiger partial charge in [0.05, 0.1) is 11.4 Å². The molecule has 0 bridgehead atoms. The lowest BCUT2D eigenvalue weighted by atomic mass is 9.88. The molecule has 4 heteroatoms. The number of carbonyl (C=O) groups excluding carboxylic acids is 2. The zero-order chi connectivity index (χ0) is 18.9. The maximum absolute atomic E-state index is 11.1. The highest BCUT2D eigenvalue weighted by molar-refractivity contribution is 5.70. The normalized spacial score (nSPS) is 11.3. The fraction of sp³-hybridized carbons (Fsp3) is 0.364. The van der Waals surface area contributed by atoms with Gasteiger partial charge in [-0.05, 0) is 35.6 Å². The van der Waals surface area contributed by atoms with Gasteiger partial charge in [0.1, 0.15) is 0 Å². The van der Waals surface area contributed by atoms with Crippen LogP contribution < -0.4 is 0 Å². The molecule has 26 heavy (non-hydrogen) atoms. The van der Waals surface area contributed by atoms with Gasteiger partial charge >= 0.3 is 0 Å². The summed E-state index contributed by atoms with van der Waals surface area (Å²) in [7, 11) is 0. The largest absolute Gasteiger partial charge is 0.240 e. The molecule has 2 aromatic rings. The third-order valence-corrected chi connectivity index (χ3v) is 4.57. The van der Waals surface area contributed by atoms with Crippen LogP contribution >= 0.6 is 0 Å². The van der Waals surface area contributed by atoms with Gasteiger partial charge in [0.2, 0.25) is 12.2 Å². The van der Waals surface area contributed by atoms with Crippen molar-refractivity contribution in [3.05, 3.63) is 58.7 Å². The van der Waals surface area contributed by atoms with Crippen molar-refractivity contribution in [2.24, 2.45) is 9.98 Å². The molecule has 0 heterocycles. The topological polar surface area (TPSA) is 58.9 Å². The minimum absolute atomic E-state index is 0.0590. The lowest BCUT2D eigenvalue weighted by Gasteiger charge is -2.18. The van der Waals surface area contributed by atoms with Gasteiger partial charge in [-0.1, -0.05) is 63.9 Å². The molecule has 1 atom stereocenters. The Morgan fingerprint density at radius 3 is 2.35 bits per heavy atom. The lowest BCUT2D eigenvalue weighted by molar-refractivity contribution is 0.564. The molecule has 1 unspecified atom stereocenters. The molecule has 0 aliphatic heterocycles. The minimum Gasteiger partial charge on any atom is -0.211 e. The molecule has 4 nitrogen and oxygen atoms in total. The van der Waals surface area contributed by atoms with Gasteiger partial charge in [-0.2, -0.15) is 9.98 Å². The van der Waals surface area contributed by atoms with Gasteiger partial charge < -0.3 is 0 Å². The van der Waals surface area contributed by atoms with E-state index in [1.807, 2.05) is 13.0 Å². The summed E-state index contributed by atoms with van der Waals surface area (Å²) >= 11 is 0. The Morgan fingerprint density at radius 1 is 0.962 bits per heavy atom. The number of aliphatic imine (C=N–C) groups is 2. The second-order valence-corrected chi connectivity index (χ2v) is 6.37. The van der Waals surface area contributed by atoms with Gasteiger partial charge in [-0.25, -0.2) is 9.59 Å². The predicted molar refractivity (Wildman–Crippen MR) is 104 cm³/mol. The number of benzene rings is 2. The summed E-state index contributed by atoms with van der Waals surface area (Å²) in [6.07, 6.45) is 6.92. The molecular formula is C22H24N2O2. The fourth-order valence-electron chi connectivity index (χ4n) is 3.31. The molecule has 0 aliphatic rings. The van der Waals surface area contributed by atoms with E-state index in [2.05, 4.69) is 48.1 Å². The van der Waals surface area contributed by atoms with Crippen molar-refractivity contribution in [3.8, 4) is 0 Å². The van der Waals surface area contributed by atoms with E-state index in [0.717, 1.165) is 30.4 Å². The molecule has 0 saturated carbocycles. The quantitative estimate of drug-likeness (QED) is 0.455. The smallest absolute Gasteiger partial charge is 0.211 e. The first-order chi connectivity index (χ1) is 12.7. The second-order valence-electron chi connectivity index (χ2n) is 6.37. The fourth-order valence-corrected chi connectivity index (χ4v) is 3.31. The zero-order valence-corrected chi connectivity index (χ0v) is 15.6. The monoisotopic (exact) mass is 348 g/mol. The van der Waals surface area contributed by atoms with Crippen molar-refractivity contribution in [2.75, 3.05) is 0 Å². The molecule has 0 aliphatic carbocycles. The SMILES string of the molecule is CCCc1cccc(C(C)c2ccc(N=C=O)c(CCC)c2N=C=O)c1. The summed E-state index contributed by atoms with van der Waals surface area (Å²) in [4.78, 5) is 29.6. The average Bonchev–Trinajstić information content (AvgIpc) is 2.65. The Labute approximate surface area is 154 Å². The molecule has 0 amide bonds. The van der Waals surface area contributed by atoms with Crippen LogP contribution in [0.5, 0.6) is 0 Å². The first-order valence-corrected chi connectivity index (χ1v) is 9.06. The molecule has 0 N–H and O–H groups in total. The van der Waals surface area contributed by atoms with Crippen LogP contribution in [0.25, 0.3) is 0 Å². The van der Waals surface area contributed by atoms with Gasteiger partial charge in [0.15, 0.2) is 0 Å². The van der Waals surface area contributed by atoms with Crippen LogP contribution in [0, 0.1) is 0 Å². The van der Waals surface area contributed by atoms with E-state index in [-0.39, 0.29) is 5.92 Å². The van der Waals surface area contributed by atoms with E-state index in [0.29, 0.717) is 17.8 Å². The maximum Gasteiger partial charge on any atom is 0.240 e. The van der Waals surface area contributed by atoms with Crippen molar-refractivity contribution in [1.82, 2.24) is 0 Å². The number of isocyanates is 2. The number of aryl methyl sites for hydroxylation is 1. The van der Waals surface area contributed by atoms with Crippen LogP contribution in [0.1, 0.15) is 61.8 Å². The summed E-state index contributed by atoms with van der Waals surface area (Å²) in [5, 5.41) is 0. The minimum atomic E-state index is 0.0590. The summed E-state index contributed by atoms with van der Waals surface area (Å²) < 4.78 is 0. The molecular weight excluding hydrogens is 324 g/mol. The van der Waals surface area contributed by atoms with E-state index in [1.165, 1.54) is 11.1 Å². The van der Waals surface area contributed by atoms with Crippen LogP contribution in [0.3, 0.4) is 0 Å².